The number of aliphatic hydroxyl groups excluding tert-OH is 1. The molecular weight excluding hydrogens is 412 g/mol. The summed E-state index contributed by atoms with van der Waals surface area (Å²) in [5, 5.41) is 14.7. The summed E-state index contributed by atoms with van der Waals surface area (Å²) in [5.41, 5.74) is 4.23. The van der Waals surface area contributed by atoms with Crippen LogP contribution in [0.25, 0.3) is 0 Å². The Morgan fingerprint density at radius 2 is 2.07 bits per heavy atom. The first kappa shape index (κ1) is 24.2. The first-order valence-corrected chi connectivity index (χ1v) is 13.0. The van der Waals surface area contributed by atoms with Crippen molar-refractivity contribution in [1.29, 1.82) is 0 Å². The van der Waals surface area contributed by atoms with Crippen LogP contribution in [0.3, 0.4) is 0 Å². The third kappa shape index (κ3) is 4.54. The molecule has 1 aromatic rings. The predicted octanol–water partition coefficient (Wildman–Crippen LogP) is 4.26. The van der Waals surface area contributed by atoms with E-state index in [9.17, 15) is 5.11 Å². The minimum Gasteiger partial charge on any atom is -0.487 e. The van der Waals surface area contributed by atoms with Crippen LogP contribution in [0.1, 0.15) is 63.8 Å². The summed E-state index contributed by atoms with van der Waals surface area (Å²) in [6.45, 7) is 12.8. The SMILES string of the molecule is CSC(CNCC(O)C1CCc2cc3c(cc2O1)C(C)N(C)C3(C)C)C(C)(C)CS. The first-order chi connectivity index (χ1) is 14.0. The minimum atomic E-state index is -0.510. The third-order valence-corrected chi connectivity index (χ3v) is 9.65. The van der Waals surface area contributed by atoms with Crippen LogP contribution in [0.5, 0.6) is 5.75 Å². The van der Waals surface area contributed by atoms with Crippen molar-refractivity contribution >= 4 is 24.4 Å². The maximum atomic E-state index is 10.8. The Labute approximate surface area is 192 Å². The summed E-state index contributed by atoms with van der Waals surface area (Å²) in [6, 6.07) is 4.94. The van der Waals surface area contributed by atoms with Gasteiger partial charge >= 0.3 is 0 Å². The van der Waals surface area contributed by atoms with Crippen LogP contribution < -0.4 is 10.1 Å². The zero-order valence-corrected chi connectivity index (χ0v) is 21.4. The monoisotopic (exact) mass is 452 g/mol. The van der Waals surface area contributed by atoms with Crippen LogP contribution in [0.2, 0.25) is 0 Å². The summed E-state index contributed by atoms with van der Waals surface area (Å²) < 4.78 is 6.32. The zero-order valence-electron chi connectivity index (χ0n) is 19.7. The Bertz CT molecular complexity index is 753. The summed E-state index contributed by atoms with van der Waals surface area (Å²) in [4.78, 5) is 2.42. The van der Waals surface area contributed by atoms with E-state index in [0.717, 1.165) is 30.9 Å². The predicted molar refractivity (Wildman–Crippen MR) is 132 cm³/mol. The molecule has 170 valence electrons. The average Bonchev–Trinajstić information content (AvgIpc) is 2.89. The van der Waals surface area contributed by atoms with Gasteiger partial charge in [-0.25, -0.2) is 0 Å². The number of nitrogens with zero attached hydrogens (tertiary/aromatic N) is 1. The van der Waals surface area contributed by atoms with E-state index in [0.29, 0.717) is 17.8 Å². The maximum Gasteiger partial charge on any atom is 0.126 e. The van der Waals surface area contributed by atoms with E-state index in [2.05, 4.69) is 82.9 Å². The smallest absolute Gasteiger partial charge is 0.126 e. The quantitative estimate of drug-likeness (QED) is 0.515. The minimum absolute atomic E-state index is 0.0404. The normalized spacial score (nSPS) is 25.4. The summed E-state index contributed by atoms with van der Waals surface area (Å²) in [5.74, 6) is 1.81. The lowest BCUT2D eigenvalue weighted by Crippen LogP contribution is -2.45. The van der Waals surface area contributed by atoms with E-state index in [1.165, 1.54) is 16.7 Å². The van der Waals surface area contributed by atoms with Crippen LogP contribution in [-0.4, -0.2) is 59.6 Å². The van der Waals surface area contributed by atoms with Gasteiger partial charge in [-0.1, -0.05) is 13.8 Å². The van der Waals surface area contributed by atoms with Crippen LogP contribution in [-0.2, 0) is 12.0 Å². The molecule has 3 rings (SSSR count). The van der Waals surface area contributed by atoms with Crippen molar-refractivity contribution in [1.82, 2.24) is 10.2 Å². The van der Waals surface area contributed by atoms with Gasteiger partial charge in [-0.2, -0.15) is 24.4 Å². The molecule has 0 bridgehead atoms. The summed E-state index contributed by atoms with van der Waals surface area (Å²) in [6.07, 6.45) is 3.29. The third-order valence-electron chi connectivity index (χ3n) is 7.46. The molecule has 4 nitrogen and oxygen atoms in total. The van der Waals surface area contributed by atoms with Gasteiger partial charge in [0.1, 0.15) is 18.0 Å². The van der Waals surface area contributed by atoms with Gasteiger partial charge in [0.15, 0.2) is 0 Å². The number of aliphatic hydroxyl groups is 1. The van der Waals surface area contributed by atoms with Crippen molar-refractivity contribution in [3.63, 3.8) is 0 Å². The van der Waals surface area contributed by atoms with Gasteiger partial charge in [0.05, 0.1) is 0 Å². The second-order valence-electron chi connectivity index (χ2n) is 10.2. The fourth-order valence-electron chi connectivity index (χ4n) is 4.77. The van der Waals surface area contributed by atoms with Gasteiger partial charge in [0.2, 0.25) is 0 Å². The van der Waals surface area contributed by atoms with Gasteiger partial charge in [-0.3, -0.25) is 4.90 Å². The number of fused-ring (bicyclic) bond motifs is 2. The molecule has 30 heavy (non-hydrogen) atoms. The van der Waals surface area contributed by atoms with Crippen LogP contribution in [0, 0.1) is 5.41 Å². The molecule has 4 unspecified atom stereocenters. The van der Waals surface area contributed by atoms with E-state index in [1.807, 2.05) is 11.8 Å². The van der Waals surface area contributed by atoms with Crippen LogP contribution in [0.15, 0.2) is 12.1 Å². The molecule has 4 atom stereocenters. The highest BCUT2D eigenvalue weighted by molar-refractivity contribution is 7.99. The molecule has 0 saturated heterocycles. The van der Waals surface area contributed by atoms with E-state index in [-0.39, 0.29) is 17.1 Å². The molecule has 0 radical (unpaired) electrons. The fourth-order valence-corrected chi connectivity index (χ4v) is 6.12. The van der Waals surface area contributed by atoms with E-state index < -0.39 is 6.10 Å². The Kier molecular flexibility index (Phi) is 7.45. The number of benzene rings is 1. The first-order valence-electron chi connectivity index (χ1n) is 11.1. The van der Waals surface area contributed by atoms with Crippen molar-refractivity contribution in [3.05, 3.63) is 28.8 Å². The Morgan fingerprint density at radius 3 is 2.70 bits per heavy atom. The fraction of sp³-hybridized carbons (Fsp3) is 0.750. The van der Waals surface area contributed by atoms with Crippen molar-refractivity contribution < 1.29 is 9.84 Å². The van der Waals surface area contributed by atoms with E-state index >= 15 is 0 Å². The number of nitrogens with one attached hydrogen (secondary N) is 1. The standard InChI is InChI=1S/C24H40N2O2S2/c1-15-17-11-21-16(10-18(17)24(4,5)26(15)6)8-9-20(28-21)19(27)12-25-13-22(30-7)23(2,3)14-29/h10-11,15,19-20,22,25,27,29H,8-9,12-14H2,1-7H3. The summed E-state index contributed by atoms with van der Waals surface area (Å²) >= 11 is 6.37. The molecule has 2 heterocycles. The maximum absolute atomic E-state index is 10.8. The highest BCUT2D eigenvalue weighted by atomic mass is 32.2. The lowest BCUT2D eigenvalue weighted by atomic mass is 9.88. The van der Waals surface area contributed by atoms with Crippen molar-refractivity contribution in [3.8, 4) is 5.75 Å². The molecule has 0 amide bonds. The molecule has 0 spiro atoms. The lowest BCUT2D eigenvalue weighted by Gasteiger charge is -2.34. The van der Waals surface area contributed by atoms with Gasteiger partial charge < -0.3 is 15.2 Å². The largest absolute Gasteiger partial charge is 0.487 e. The second-order valence-corrected chi connectivity index (χ2v) is 11.5. The molecule has 2 aliphatic rings. The molecule has 0 fully saturated rings. The summed E-state index contributed by atoms with van der Waals surface area (Å²) in [7, 11) is 2.19. The number of aryl methyl sites for hydroxylation is 1. The molecule has 2 aliphatic heterocycles. The van der Waals surface area contributed by atoms with Gasteiger partial charge in [-0.05, 0) is 86.9 Å². The van der Waals surface area contributed by atoms with Crippen LogP contribution >= 0.6 is 24.4 Å². The number of thioether (sulfide) groups is 1. The topological polar surface area (TPSA) is 44.7 Å². The molecule has 0 aliphatic carbocycles. The van der Waals surface area contributed by atoms with E-state index in [4.69, 9.17) is 4.74 Å². The number of hydrogen-bond acceptors (Lipinski definition) is 6. The molecule has 2 N–H and O–H groups in total. The second kappa shape index (κ2) is 9.22. The number of thiol groups is 1. The molecule has 0 aromatic heterocycles. The van der Waals surface area contributed by atoms with Crippen LogP contribution in [0.4, 0.5) is 0 Å². The molecular formula is C24H40N2O2S2. The van der Waals surface area contributed by atoms with Gasteiger partial charge in [-0.15, -0.1) is 0 Å². The number of hydrogen-bond donors (Lipinski definition) is 3. The Balaban J connectivity index is 1.63. The van der Waals surface area contributed by atoms with Gasteiger partial charge in [0, 0.05) is 29.9 Å². The Hall–Kier alpha value is -0.400. The molecule has 1 aromatic carbocycles. The lowest BCUT2D eigenvalue weighted by molar-refractivity contribution is 0.0243. The number of ether oxygens (including phenoxy) is 1. The van der Waals surface area contributed by atoms with Crippen molar-refractivity contribution in [2.24, 2.45) is 5.41 Å². The van der Waals surface area contributed by atoms with E-state index in [1.54, 1.807) is 0 Å². The zero-order chi connectivity index (χ0) is 22.3. The average molecular weight is 453 g/mol. The van der Waals surface area contributed by atoms with Crippen molar-refractivity contribution in [2.75, 3.05) is 32.1 Å². The number of rotatable bonds is 8. The highest BCUT2D eigenvalue weighted by Gasteiger charge is 2.41. The molecule has 6 heteroatoms. The Morgan fingerprint density at radius 1 is 1.37 bits per heavy atom. The highest BCUT2D eigenvalue weighted by Crippen LogP contribution is 2.47. The molecule has 0 saturated carbocycles. The van der Waals surface area contributed by atoms with Gasteiger partial charge in [0.25, 0.3) is 0 Å². The van der Waals surface area contributed by atoms with Crippen molar-refractivity contribution in [2.45, 2.75) is 76.5 Å².